The van der Waals surface area contributed by atoms with Crippen LogP contribution in [0.15, 0.2) is 0 Å². The summed E-state index contributed by atoms with van der Waals surface area (Å²) in [6, 6.07) is 0.374. The molecular formula is C12H26N4O. The highest BCUT2D eigenvalue weighted by Gasteiger charge is 2.32. The Balaban J connectivity index is 2.76. The molecular weight excluding hydrogens is 216 g/mol. The summed E-state index contributed by atoms with van der Waals surface area (Å²) in [5.74, 6) is 5.50. The topological polar surface area (TPSA) is 70.4 Å². The lowest BCUT2D eigenvalue weighted by atomic mass is 9.96. The third-order valence-electron chi connectivity index (χ3n) is 3.54. The second-order valence-electron chi connectivity index (χ2n) is 5.01. The molecule has 17 heavy (non-hydrogen) atoms. The molecule has 1 atom stereocenters. The summed E-state index contributed by atoms with van der Waals surface area (Å²) in [4.78, 5) is 14.2. The van der Waals surface area contributed by atoms with Gasteiger partial charge in [-0.2, -0.15) is 0 Å². The number of likely N-dealkylation sites (N-methyl/N-ethyl adjacent to an activating group) is 1. The Morgan fingerprint density at radius 2 is 2.06 bits per heavy atom. The minimum atomic E-state index is -0.118. The number of carbonyl (C=O) groups excluding carboxylic acids is 1. The van der Waals surface area contributed by atoms with Crippen LogP contribution in [0, 0.1) is 5.92 Å². The monoisotopic (exact) mass is 242 g/mol. The van der Waals surface area contributed by atoms with Crippen LogP contribution in [-0.2, 0) is 4.79 Å². The molecule has 0 spiro atoms. The number of rotatable bonds is 5. The van der Waals surface area contributed by atoms with Crippen molar-refractivity contribution in [2.75, 3.05) is 19.6 Å². The molecule has 0 aromatic heterocycles. The van der Waals surface area contributed by atoms with Crippen LogP contribution in [0.25, 0.3) is 0 Å². The molecule has 1 saturated heterocycles. The van der Waals surface area contributed by atoms with Crippen molar-refractivity contribution in [3.05, 3.63) is 0 Å². The van der Waals surface area contributed by atoms with Gasteiger partial charge in [-0.3, -0.25) is 15.1 Å². The van der Waals surface area contributed by atoms with Crippen LogP contribution in [0.2, 0.25) is 0 Å². The molecule has 1 fully saturated rings. The molecule has 0 aromatic carbocycles. The lowest BCUT2D eigenvalue weighted by Gasteiger charge is -2.40. The molecule has 0 aromatic rings. The van der Waals surface area contributed by atoms with E-state index in [2.05, 4.69) is 36.4 Å². The SMILES string of the molecule is CCN(C1CCNCC1)C(C(=O)NN)C(C)C. The Morgan fingerprint density at radius 1 is 1.47 bits per heavy atom. The van der Waals surface area contributed by atoms with Crippen LogP contribution >= 0.6 is 0 Å². The number of nitrogens with one attached hydrogen (secondary N) is 2. The molecule has 1 aliphatic rings. The normalized spacial score (nSPS) is 19.6. The van der Waals surface area contributed by atoms with Crippen molar-refractivity contribution in [2.45, 2.75) is 45.7 Å². The molecule has 1 unspecified atom stereocenters. The summed E-state index contributed by atoms with van der Waals surface area (Å²) in [6.45, 7) is 9.22. The standard InChI is InChI=1S/C12H26N4O/c1-4-16(10-5-7-14-8-6-10)11(9(2)3)12(17)15-13/h9-11,14H,4-8,13H2,1-3H3,(H,15,17). The van der Waals surface area contributed by atoms with Crippen molar-refractivity contribution < 1.29 is 4.79 Å². The molecule has 100 valence electrons. The van der Waals surface area contributed by atoms with Crippen molar-refractivity contribution >= 4 is 5.91 Å². The minimum Gasteiger partial charge on any atom is -0.317 e. The van der Waals surface area contributed by atoms with Gasteiger partial charge in [0.1, 0.15) is 0 Å². The number of nitrogens with two attached hydrogens (primary N) is 1. The van der Waals surface area contributed by atoms with Gasteiger partial charge in [0.15, 0.2) is 0 Å². The number of hydrazine groups is 1. The number of amides is 1. The maximum Gasteiger partial charge on any atom is 0.251 e. The smallest absolute Gasteiger partial charge is 0.251 e. The van der Waals surface area contributed by atoms with Crippen molar-refractivity contribution in [1.82, 2.24) is 15.6 Å². The first-order chi connectivity index (χ1) is 8.11. The van der Waals surface area contributed by atoms with E-state index in [9.17, 15) is 4.79 Å². The Bertz CT molecular complexity index is 239. The predicted octanol–water partition coefficient (Wildman–Crippen LogP) is 0.0748. The Hall–Kier alpha value is -0.650. The fraction of sp³-hybridized carbons (Fsp3) is 0.917. The van der Waals surface area contributed by atoms with Gasteiger partial charge in [0.2, 0.25) is 0 Å². The van der Waals surface area contributed by atoms with Gasteiger partial charge in [-0.05, 0) is 38.4 Å². The van der Waals surface area contributed by atoms with E-state index in [1.54, 1.807) is 0 Å². The zero-order valence-electron chi connectivity index (χ0n) is 11.2. The molecule has 1 amide bonds. The summed E-state index contributed by atoms with van der Waals surface area (Å²) in [5, 5.41) is 3.35. The molecule has 0 aliphatic carbocycles. The van der Waals surface area contributed by atoms with E-state index in [1.165, 1.54) is 0 Å². The number of carbonyl (C=O) groups is 1. The maximum atomic E-state index is 11.9. The van der Waals surface area contributed by atoms with Crippen LogP contribution < -0.4 is 16.6 Å². The van der Waals surface area contributed by atoms with Crippen molar-refractivity contribution in [3.8, 4) is 0 Å². The first-order valence-corrected chi connectivity index (χ1v) is 6.58. The fourth-order valence-electron chi connectivity index (χ4n) is 2.74. The highest BCUT2D eigenvalue weighted by molar-refractivity contribution is 5.81. The Kier molecular flexibility index (Phi) is 5.88. The molecule has 1 rings (SSSR count). The van der Waals surface area contributed by atoms with Crippen LogP contribution in [0.3, 0.4) is 0 Å². The van der Waals surface area contributed by atoms with E-state index in [0.29, 0.717) is 6.04 Å². The predicted molar refractivity (Wildman–Crippen MR) is 69.2 cm³/mol. The lowest BCUT2D eigenvalue weighted by Crippen LogP contribution is -2.56. The molecule has 4 N–H and O–H groups in total. The van der Waals surface area contributed by atoms with Gasteiger partial charge in [0, 0.05) is 6.04 Å². The number of hydrogen-bond donors (Lipinski definition) is 3. The molecule has 0 radical (unpaired) electrons. The minimum absolute atomic E-state index is 0.0691. The van der Waals surface area contributed by atoms with E-state index >= 15 is 0 Å². The number of hydrogen-bond acceptors (Lipinski definition) is 4. The van der Waals surface area contributed by atoms with Crippen LogP contribution in [0.1, 0.15) is 33.6 Å². The van der Waals surface area contributed by atoms with Crippen LogP contribution in [0.4, 0.5) is 0 Å². The van der Waals surface area contributed by atoms with Gasteiger partial charge in [-0.15, -0.1) is 0 Å². The van der Waals surface area contributed by atoms with Crippen LogP contribution in [0.5, 0.6) is 0 Å². The van der Waals surface area contributed by atoms with Gasteiger partial charge >= 0.3 is 0 Å². The largest absolute Gasteiger partial charge is 0.317 e. The Morgan fingerprint density at radius 3 is 2.47 bits per heavy atom. The summed E-state index contributed by atoms with van der Waals surface area (Å²) in [7, 11) is 0. The van der Waals surface area contributed by atoms with Gasteiger partial charge in [0.05, 0.1) is 6.04 Å². The molecule has 0 bridgehead atoms. The van der Waals surface area contributed by atoms with Crippen molar-refractivity contribution in [2.24, 2.45) is 11.8 Å². The van der Waals surface area contributed by atoms with Crippen molar-refractivity contribution in [3.63, 3.8) is 0 Å². The average molecular weight is 242 g/mol. The third kappa shape index (κ3) is 3.66. The van der Waals surface area contributed by atoms with E-state index in [0.717, 1.165) is 32.5 Å². The van der Waals surface area contributed by atoms with Gasteiger partial charge in [-0.1, -0.05) is 20.8 Å². The number of piperidine rings is 1. The molecule has 1 heterocycles. The molecule has 1 aliphatic heterocycles. The second kappa shape index (κ2) is 6.93. The molecule has 5 nitrogen and oxygen atoms in total. The van der Waals surface area contributed by atoms with E-state index in [4.69, 9.17) is 5.84 Å². The zero-order chi connectivity index (χ0) is 12.8. The summed E-state index contributed by atoms with van der Waals surface area (Å²) in [5.41, 5.74) is 2.30. The molecule has 0 saturated carbocycles. The first kappa shape index (κ1) is 14.4. The van der Waals surface area contributed by atoms with Gasteiger partial charge in [0.25, 0.3) is 5.91 Å². The average Bonchev–Trinajstić information content (AvgIpc) is 2.35. The Labute approximate surface area is 104 Å². The van der Waals surface area contributed by atoms with Gasteiger partial charge in [-0.25, -0.2) is 5.84 Å². The number of nitrogens with zero attached hydrogens (tertiary/aromatic N) is 1. The summed E-state index contributed by atoms with van der Waals surface area (Å²) in [6.07, 6.45) is 2.21. The molecule has 5 heteroatoms. The summed E-state index contributed by atoms with van der Waals surface area (Å²) < 4.78 is 0. The third-order valence-corrected chi connectivity index (χ3v) is 3.54. The van der Waals surface area contributed by atoms with Crippen molar-refractivity contribution in [1.29, 1.82) is 0 Å². The van der Waals surface area contributed by atoms with Gasteiger partial charge < -0.3 is 5.32 Å². The quantitative estimate of drug-likeness (QED) is 0.363. The van der Waals surface area contributed by atoms with E-state index < -0.39 is 0 Å². The summed E-state index contributed by atoms with van der Waals surface area (Å²) >= 11 is 0. The maximum absolute atomic E-state index is 11.9. The fourth-order valence-corrected chi connectivity index (χ4v) is 2.74. The first-order valence-electron chi connectivity index (χ1n) is 6.58. The highest BCUT2D eigenvalue weighted by Crippen LogP contribution is 2.19. The zero-order valence-corrected chi connectivity index (χ0v) is 11.2. The van der Waals surface area contributed by atoms with Crippen LogP contribution in [-0.4, -0.2) is 42.5 Å². The highest BCUT2D eigenvalue weighted by atomic mass is 16.2. The lowest BCUT2D eigenvalue weighted by molar-refractivity contribution is -0.129. The second-order valence-corrected chi connectivity index (χ2v) is 5.01. The van der Waals surface area contributed by atoms with E-state index in [-0.39, 0.29) is 17.9 Å². The van der Waals surface area contributed by atoms with E-state index in [1.807, 2.05) is 0 Å².